The lowest BCUT2D eigenvalue weighted by Crippen LogP contribution is -2.02. The van der Waals surface area contributed by atoms with Gasteiger partial charge in [0, 0.05) is 0 Å². The largest absolute Gasteiger partial charge is 0.490 e. The topological polar surface area (TPSA) is 87.6 Å². The van der Waals surface area contributed by atoms with E-state index in [0.717, 1.165) is 12.0 Å². The summed E-state index contributed by atoms with van der Waals surface area (Å²) in [6.45, 7) is 0.571. The van der Waals surface area contributed by atoms with Crippen molar-refractivity contribution >= 4 is 5.69 Å². The minimum atomic E-state index is -0.517. The molecule has 2 rings (SSSR count). The molecule has 0 bridgehead atoms. The average molecular weight is 288 g/mol. The molecule has 0 atom stereocenters. The highest BCUT2D eigenvalue weighted by Crippen LogP contribution is 2.38. The third kappa shape index (κ3) is 3.49. The van der Waals surface area contributed by atoms with Gasteiger partial charge in [-0.25, -0.2) is 0 Å². The van der Waals surface area contributed by atoms with Gasteiger partial charge in [-0.05, 0) is 42.8 Å². The molecule has 110 valence electrons. The number of hydrogen-bond acceptors (Lipinski definition) is 5. The minimum Gasteiger partial charge on any atom is -0.490 e. The maximum absolute atomic E-state index is 11.2. The van der Waals surface area contributed by atoms with Crippen molar-refractivity contribution in [1.29, 1.82) is 0 Å². The Morgan fingerprint density at radius 2 is 1.81 bits per heavy atom. The zero-order chi connectivity index (χ0) is 15.2. The number of nitrogens with zero attached hydrogens (tertiary/aromatic N) is 1. The Balaban J connectivity index is 2.28. The van der Waals surface area contributed by atoms with Crippen LogP contribution in [0.15, 0.2) is 42.5 Å². The van der Waals surface area contributed by atoms with Crippen LogP contribution < -0.4 is 15.2 Å². The number of rotatable bonds is 6. The van der Waals surface area contributed by atoms with E-state index in [1.807, 2.05) is 12.1 Å². The summed E-state index contributed by atoms with van der Waals surface area (Å²) in [7, 11) is 1.38. The highest BCUT2D eigenvalue weighted by atomic mass is 16.6. The minimum absolute atomic E-state index is 0.144. The van der Waals surface area contributed by atoms with Gasteiger partial charge in [-0.1, -0.05) is 18.2 Å². The molecule has 0 saturated heterocycles. The smallest absolute Gasteiger partial charge is 0.352 e. The fourth-order valence-corrected chi connectivity index (χ4v) is 1.95. The summed E-state index contributed by atoms with van der Waals surface area (Å²) in [5.74, 6) is 0.829. The zero-order valence-electron chi connectivity index (χ0n) is 11.6. The SMILES string of the molecule is COc1cccc(Oc2ccc(CCN)cc2)c1[N+](=O)[O-]. The number of para-hydroxylation sites is 1. The number of hydrogen-bond donors (Lipinski definition) is 1. The van der Waals surface area contributed by atoms with Crippen LogP contribution in [-0.4, -0.2) is 18.6 Å². The van der Waals surface area contributed by atoms with Crippen LogP contribution in [0.3, 0.4) is 0 Å². The van der Waals surface area contributed by atoms with Gasteiger partial charge < -0.3 is 15.2 Å². The molecular formula is C15H16N2O4. The van der Waals surface area contributed by atoms with Crippen LogP contribution in [0.1, 0.15) is 5.56 Å². The van der Waals surface area contributed by atoms with Gasteiger partial charge in [0.15, 0.2) is 0 Å². The van der Waals surface area contributed by atoms with Crippen LogP contribution >= 0.6 is 0 Å². The van der Waals surface area contributed by atoms with Crippen LogP contribution in [0.25, 0.3) is 0 Å². The molecule has 0 aliphatic carbocycles. The summed E-state index contributed by atoms with van der Waals surface area (Å²) >= 11 is 0. The van der Waals surface area contributed by atoms with Crippen molar-refractivity contribution in [3.63, 3.8) is 0 Å². The fourth-order valence-electron chi connectivity index (χ4n) is 1.95. The maximum atomic E-state index is 11.2. The first-order chi connectivity index (χ1) is 10.2. The summed E-state index contributed by atoms with van der Waals surface area (Å²) in [4.78, 5) is 10.6. The standard InChI is InChI=1S/C15H16N2O4/c1-20-13-3-2-4-14(15(13)17(18)19)21-12-7-5-11(6-8-12)9-10-16/h2-8H,9-10,16H2,1H3. The molecule has 0 radical (unpaired) electrons. The van der Waals surface area contributed by atoms with Gasteiger partial charge in [0.05, 0.1) is 12.0 Å². The van der Waals surface area contributed by atoms with Gasteiger partial charge in [-0.2, -0.15) is 0 Å². The van der Waals surface area contributed by atoms with E-state index in [2.05, 4.69) is 0 Å². The number of nitro benzene ring substituents is 1. The lowest BCUT2D eigenvalue weighted by Gasteiger charge is -2.09. The van der Waals surface area contributed by atoms with Gasteiger partial charge in [-0.15, -0.1) is 0 Å². The fraction of sp³-hybridized carbons (Fsp3) is 0.200. The zero-order valence-corrected chi connectivity index (χ0v) is 11.6. The predicted molar refractivity (Wildman–Crippen MR) is 78.9 cm³/mol. The Hall–Kier alpha value is -2.60. The van der Waals surface area contributed by atoms with Gasteiger partial charge >= 0.3 is 5.69 Å². The highest BCUT2D eigenvalue weighted by molar-refractivity contribution is 5.58. The first-order valence-electron chi connectivity index (χ1n) is 6.44. The second-order valence-corrected chi connectivity index (χ2v) is 4.35. The molecule has 0 aromatic heterocycles. The Bertz CT molecular complexity index is 626. The van der Waals surface area contributed by atoms with E-state index in [-0.39, 0.29) is 17.2 Å². The van der Waals surface area contributed by atoms with Crippen molar-refractivity contribution in [3.05, 3.63) is 58.1 Å². The van der Waals surface area contributed by atoms with E-state index >= 15 is 0 Å². The molecule has 2 aromatic rings. The molecule has 0 saturated carbocycles. The lowest BCUT2D eigenvalue weighted by atomic mass is 10.1. The number of benzene rings is 2. The third-order valence-corrected chi connectivity index (χ3v) is 2.95. The van der Waals surface area contributed by atoms with Crippen molar-refractivity contribution in [2.75, 3.05) is 13.7 Å². The summed E-state index contributed by atoms with van der Waals surface area (Å²) in [6, 6.07) is 12.0. The number of nitrogens with two attached hydrogens (primary N) is 1. The summed E-state index contributed by atoms with van der Waals surface area (Å²) in [5, 5.41) is 11.2. The summed E-state index contributed by atoms with van der Waals surface area (Å²) in [6.07, 6.45) is 0.777. The number of methoxy groups -OCH3 is 1. The lowest BCUT2D eigenvalue weighted by molar-refractivity contribution is -0.386. The predicted octanol–water partition coefficient (Wildman–Crippen LogP) is 2.90. The molecule has 0 aliphatic heterocycles. The molecule has 2 aromatic carbocycles. The monoisotopic (exact) mass is 288 g/mol. The normalized spacial score (nSPS) is 10.2. The first-order valence-corrected chi connectivity index (χ1v) is 6.44. The van der Waals surface area contributed by atoms with Crippen LogP contribution in [0, 0.1) is 10.1 Å². The van der Waals surface area contributed by atoms with E-state index in [0.29, 0.717) is 12.3 Å². The van der Waals surface area contributed by atoms with Gasteiger partial charge in [0.25, 0.3) is 0 Å². The molecule has 0 fully saturated rings. The highest BCUT2D eigenvalue weighted by Gasteiger charge is 2.22. The van der Waals surface area contributed by atoms with Crippen molar-refractivity contribution in [2.45, 2.75) is 6.42 Å². The molecule has 0 spiro atoms. The van der Waals surface area contributed by atoms with E-state index in [9.17, 15) is 10.1 Å². The van der Waals surface area contributed by atoms with Crippen LogP contribution in [0.2, 0.25) is 0 Å². The summed E-state index contributed by atoms with van der Waals surface area (Å²) in [5.41, 5.74) is 6.39. The van der Waals surface area contributed by atoms with Crippen molar-refractivity contribution in [1.82, 2.24) is 0 Å². The van der Waals surface area contributed by atoms with Crippen molar-refractivity contribution < 1.29 is 14.4 Å². The molecule has 0 unspecified atom stereocenters. The molecule has 0 aliphatic rings. The van der Waals surface area contributed by atoms with Crippen LogP contribution in [0.4, 0.5) is 5.69 Å². The Morgan fingerprint density at radius 1 is 1.14 bits per heavy atom. The van der Waals surface area contributed by atoms with E-state index < -0.39 is 4.92 Å². The van der Waals surface area contributed by atoms with E-state index in [1.165, 1.54) is 19.2 Å². The van der Waals surface area contributed by atoms with Crippen molar-refractivity contribution in [2.24, 2.45) is 5.73 Å². The Labute approximate surface area is 122 Å². The Kier molecular flexibility index (Phi) is 4.73. The van der Waals surface area contributed by atoms with Crippen molar-refractivity contribution in [3.8, 4) is 17.2 Å². The molecule has 2 N–H and O–H groups in total. The number of nitro groups is 1. The maximum Gasteiger partial charge on any atom is 0.352 e. The van der Waals surface area contributed by atoms with E-state index in [4.69, 9.17) is 15.2 Å². The molecule has 6 nitrogen and oxygen atoms in total. The van der Waals surface area contributed by atoms with Gasteiger partial charge in [-0.3, -0.25) is 10.1 Å². The number of ether oxygens (including phenoxy) is 2. The third-order valence-electron chi connectivity index (χ3n) is 2.95. The molecule has 0 amide bonds. The van der Waals surface area contributed by atoms with Gasteiger partial charge in [0.2, 0.25) is 11.5 Å². The second kappa shape index (κ2) is 6.71. The molecule has 6 heteroatoms. The van der Waals surface area contributed by atoms with E-state index in [1.54, 1.807) is 18.2 Å². The average Bonchev–Trinajstić information content (AvgIpc) is 2.49. The molecule has 0 heterocycles. The summed E-state index contributed by atoms with van der Waals surface area (Å²) < 4.78 is 10.6. The van der Waals surface area contributed by atoms with Crippen LogP contribution in [-0.2, 0) is 6.42 Å². The molecule has 21 heavy (non-hydrogen) atoms. The quantitative estimate of drug-likeness (QED) is 0.652. The Morgan fingerprint density at radius 3 is 2.38 bits per heavy atom. The first kappa shape index (κ1) is 14.8. The second-order valence-electron chi connectivity index (χ2n) is 4.35. The van der Waals surface area contributed by atoms with Gasteiger partial charge in [0.1, 0.15) is 5.75 Å². The molecular weight excluding hydrogens is 272 g/mol. The van der Waals surface area contributed by atoms with Crippen LogP contribution in [0.5, 0.6) is 17.2 Å².